The van der Waals surface area contributed by atoms with E-state index in [-0.39, 0.29) is 16.3 Å². The van der Waals surface area contributed by atoms with Gasteiger partial charge in [0.15, 0.2) is 0 Å². The Hall–Kier alpha value is -2.47. The van der Waals surface area contributed by atoms with Gasteiger partial charge in [0.2, 0.25) is 26.0 Å². The maximum absolute atomic E-state index is 13.1. The highest BCUT2D eigenvalue weighted by Gasteiger charge is 2.28. The van der Waals surface area contributed by atoms with Crippen molar-refractivity contribution in [2.24, 2.45) is 0 Å². The Labute approximate surface area is 195 Å². The molecule has 0 radical (unpaired) electrons. The first-order chi connectivity index (χ1) is 15.6. The van der Waals surface area contributed by atoms with E-state index in [1.165, 1.54) is 48.7 Å². The lowest BCUT2D eigenvalue weighted by molar-refractivity contribution is -0.122. The molecule has 0 aliphatic carbocycles. The summed E-state index contributed by atoms with van der Waals surface area (Å²) >= 11 is 0. The van der Waals surface area contributed by atoms with E-state index in [4.69, 9.17) is 4.74 Å². The maximum atomic E-state index is 13.1. The SMILES string of the molecule is COc1ccc(S(=O)(=O)N[C@@H](C)C(=O)NCc2ccccc2S(=O)(=O)N2CCCCC2)cc1. The quantitative estimate of drug-likeness (QED) is 0.548. The van der Waals surface area contributed by atoms with Crippen LogP contribution in [0.5, 0.6) is 5.75 Å². The molecule has 1 fully saturated rings. The van der Waals surface area contributed by atoms with Gasteiger partial charge >= 0.3 is 0 Å². The zero-order valence-corrected chi connectivity index (χ0v) is 20.3. The van der Waals surface area contributed by atoms with Gasteiger partial charge in [0, 0.05) is 19.6 Å². The molecule has 2 N–H and O–H groups in total. The second kappa shape index (κ2) is 10.6. The summed E-state index contributed by atoms with van der Waals surface area (Å²) in [6, 6.07) is 11.2. The minimum Gasteiger partial charge on any atom is -0.497 e. The Kier molecular flexibility index (Phi) is 8.11. The summed E-state index contributed by atoms with van der Waals surface area (Å²) in [5, 5.41) is 2.64. The van der Waals surface area contributed by atoms with Gasteiger partial charge in [-0.05, 0) is 55.7 Å². The second-order valence-corrected chi connectivity index (χ2v) is 11.4. The van der Waals surface area contributed by atoms with Crippen molar-refractivity contribution in [3.8, 4) is 5.75 Å². The predicted octanol–water partition coefficient (Wildman–Crippen LogP) is 1.85. The number of amides is 1. The molecule has 1 saturated heterocycles. The van der Waals surface area contributed by atoms with E-state index in [0.29, 0.717) is 24.4 Å². The largest absolute Gasteiger partial charge is 0.497 e. The molecule has 33 heavy (non-hydrogen) atoms. The van der Waals surface area contributed by atoms with Gasteiger partial charge in [0.25, 0.3) is 0 Å². The van der Waals surface area contributed by atoms with Crippen LogP contribution in [0.4, 0.5) is 0 Å². The van der Waals surface area contributed by atoms with Gasteiger partial charge < -0.3 is 10.1 Å². The van der Waals surface area contributed by atoms with Crippen LogP contribution in [0, 0.1) is 0 Å². The van der Waals surface area contributed by atoms with Gasteiger partial charge in [-0.1, -0.05) is 24.6 Å². The van der Waals surface area contributed by atoms with Crippen LogP contribution in [0.25, 0.3) is 0 Å². The Balaban J connectivity index is 1.67. The van der Waals surface area contributed by atoms with Crippen LogP contribution in [-0.2, 0) is 31.4 Å². The van der Waals surface area contributed by atoms with Gasteiger partial charge in [-0.2, -0.15) is 9.03 Å². The maximum Gasteiger partial charge on any atom is 0.243 e. The van der Waals surface area contributed by atoms with Gasteiger partial charge in [-0.15, -0.1) is 0 Å². The average Bonchev–Trinajstić information content (AvgIpc) is 2.83. The second-order valence-electron chi connectivity index (χ2n) is 7.81. The molecule has 2 aromatic rings. The molecule has 1 aliphatic heterocycles. The van der Waals surface area contributed by atoms with Crippen molar-refractivity contribution in [3.63, 3.8) is 0 Å². The molecule has 1 aliphatic rings. The topological polar surface area (TPSA) is 122 Å². The summed E-state index contributed by atoms with van der Waals surface area (Å²) in [6.07, 6.45) is 2.65. The lowest BCUT2D eigenvalue weighted by Crippen LogP contribution is -2.44. The molecule has 0 bridgehead atoms. The van der Waals surface area contributed by atoms with E-state index in [9.17, 15) is 21.6 Å². The van der Waals surface area contributed by atoms with Gasteiger partial charge in [0.05, 0.1) is 22.9 Å². The van der Waals surface area contributed by atoms with Gasteiger partial charge in [-0.25, -0.2) is 16.8 Å². The molecule has 1 amide bonds. The van der Waals surface area contributed by atoms with Crippen molar-refractivity contribution in [2.45, 2.75) is 48.6 Å². The number of benzene rings is 2. The zero-order valence-electron chi connectivity index (χ0n) is 18.7. The molecule has 11 heteroatoms. The van der Waals surface area contributed by atoms with Crippen molar-refractivity contribution in [2.75, 3.05) is 20.2 Å². The number of sulfonamides is 2. The highest BCUT2D eigenvalue weighted by molar-refractivity contribution is 7.89. The summed E-state index contributed by atoms with van der Waals surface area (Å²) in [7, 11) is -6.12. The van der Waals surface area contributed by atoms with E-state index >= 15 is 0 Å². The number of methoxy groups -OCH3 is 1. The van der Waals surface area contributed by atoms with Crippen molar-refractivity contribution < 1.29 is 26.4 Å². The highest BCUT2D eigenvalue weighted by atomic mass is 32.2. The minimum absolute atomic E-state index is 0.000852. The number of hydrogen-bond donors (Lipinski definition) is 2. The Bertz CT molecular complexity index is 1170. The number of rotatable bonds is 9. The highest BCUT2D eigenvalue weighted by Crippen LogP contribution is 2.23. The summed E-state index contributed by atoms with van der Waals surface area (Å²) < 4.78 is 60.1. The van der Waals surface area contributed by atoms with E-state index in [1.54, 1.807) is 18.2 Å². The third-order valence-corrected chi connectivity index (χ3v) is 9.01. The number of nitrogens with one attached hydrogen (secondary N) is 2. The Morgan fingerprint density at radius 1 is 1.00 bits per heavy atom. The van der Waals surface area contributed by atoms with Crippen LogP contribution < -0.4 is 14.8 Å². The molecule has 9 nitrogen and oxygen atoms in total. The molecule has 3 rings (SSSR count). The molecular formula is C22H29N3O6S2. The first-order valence-corrected chi connectivity index (χ1v) is 13.6. The fourth-order valence-electron chi connectivity index (χ4n) is 3.59. The fourth-order valence-corrected chi connectivity index (χ4v) is 6.53. The molecule has 2 aromatic carbocycles. The molecule has 0 aromatic heterocycles. The molecule has 180 valence electrons. The third-order valence-electron chi connectivity index (χ3n) is 5.45. The smallest absolute Gasteiger partial charge is 0.243 e. The first kappa shape index (κ1) is 25.2. The van der Waals surface area contributed by atoms with E-state index in [0.717, 1.165) is 19.3 Å². The molecule has 1 atom stereocenters. The normalized spacial score (nSPS) is 16.2. The minimum atomic E-state index is -3.93. The van der Waals surface area contributed by atoms with Gasteiger partial charge in [0.1, 0.15) is 5.75 Å². The number of piperidine rings is 1. The molecule has 0 saturated carbocycles. The lowest BCUT2D eigenvalue weighted by atomic mass is 10.2. The molecular weight excluding hydrogens is 466 g/mol. The molecule has 0 unspecified atom stereocenters. The third kappa shape index (κ3) is 6.11. The predicted molar refractivity (Wildman–Crippen MR) is 124 cm³/mol. The van der Waals surface area contributed by atoms with E-state index < -0.39 is 32.0 Å². The fraction of sp³-hybridized carbons (Fsp3) is 0.409. The van der Waals surface area contributed by atoms with Crippen molar-refractivity contribution in [1.82, 2.24) is 14.3 Å². The summed E-state index contributed by atoms with van der Waals surface area (Å²) in [6.45, 7) is 2.34. The number of carbonyl (C=O) groups is 1. The van der Waals surface area contributed by atoms with Crippen LogP contribution in [0.1, 0.15) is 31.7 Å². The number of nitrogens with zero attached hydrogens (tertiary/aromatic N) is 1. The van der Waals surface area contributed by atoms with Crippen LogP contribution in [0.15, 0.2) is 58.3 Å². The standard InChI is InChI=1S/C22H29N3O6S2/c1-17(24-32(27,28)20-12-10-19(31-2)11-13-20)22(26)23-16-18-8-4-5-9-21(18)33(29,30)25-14-6-3-7-15-25/h4-5,8-13,17,24H,3,6-7,14-16H2,1-2H3,(H,23,26)/t17-/m0/s1. The first-order valence-electron chi connectivity index (χ1n) is 10.7. The average molecular weight is 496 g/mol. The molecule has 1 heterocycles. The molecule has 0 spiro atoms. The van der Waals surface area contributed by atoms with Crippen molar-refractivity contribution >= 4 is 26.0 Å². The van der Waals surface area contributed by atoms with Gasteiger partial charge in [-0.3, -0.25) is 4.79 Å². The zero-order chi connectivity index (χ0) is 24.1. The van der Waals surface area contributed by atoms with Crippen LogP contribution in [-0.4, -0.2) is 53.3 Å². The van der Waals surface area contributed by atoms with Crippen LogP contribution in [0.2, 0.25) is 0 Å². The number of hydrogen-bond acceptors (Lipinski definition) is 6. The summed E-state index contributed by atoms with van der Waals surface area (Å²) in [5.74, 6) is -0.0600. The Morgan fingerprint density at radius 2 is 1.64 bits per heavy atom. The van der Waals surface area contributed by atoms with E-state index in [2.05, 4.69) is 10.0 Å². The van der Waals surface area contributed by atoms with Crippen LogP contribution >= 0.6 is 0 Å². The monoisotopic (exact) mass is 495 g/mol. The van der Waals surface area contributed by atoms with Crippen molar-refractivity contribution in [3.05, 3.63) is 54.1 Å². The number of carbonyl (C=O) groups excluding carboxylic acids is 1. The lowest BCUT2D eigenvalue weighted by Gasteiger charge is -2.27. The number of ether oxygens (including phenoxy) is 1. The van der Waals surface area contributed by atoms with E-state index in [1.807, 2.05) is 0 Å². The Morgan fingerprint density at radius 3 is 2.27 bits per heavy atom. The van der Waals surface area contributed by atoms with Crippen LogP contribution in [0.3, 0.4) is 0 Å². The van der Waals surface area contributed by atoms with Crippen molar-refractivity contribution in [1.29, 1.82) is 0 Å². The summed E-state index contributed by atoms with van der Waals surface area (Å²) in [5.41, 5.74) is 0.446. The summed E-state index contributed by atoms with van der Waals surface area (Å²) in [4.78, 5) is 12.7.